The van der Waals surface area contributed by atoms with Crippen LogP contribution in [0.15, 0.2) is 54.6 Å². The fourth-order valence-electron chi connectivity index (χ4n) is 3.08. The fourth-order valence-corrected chi connectivity index (χ4v) is 3.08. The van der Waals surface area contributed by atoms with Crippen molar-refractivity contribution in [3.63, 3.8) is 0 Å². The SMILES string of the molecule is Cc1c(CC(=O)N(C)CC(N)=O)c(-c2ccccc2)nc2ccccc12. The molecular formula is C21H21N3O2. The van der Waals surface area contributed by atoms with Gasteiger partial charge in [-0.3, -0.25) is 9.59 Å². The quantitative estimate of drug-likeness (QED) is 0.771. The number of rotatable bonds is 5. The van der Waals surface area contributed by atoms with Crippen LogP contribution < -0.4 is 5.73 Å². The number of nitrogens with zero attached hydrogens (tertiary/aromatic N) is 2. The number of amides is 2. The number of pyridine rings is 1. The first-order valence-corrected chi connectivity index (χ1v) is 8.43. The van der Waals surface area contributed by atoms with Gasteiger partial charge in [-0.15, -0.1) is 0 Å². The van der Waals surface area contributed by atoms with Gasteiger partial charge in [-0.25, -0.2) is 4.98 Å². The average Bonchev–Trinajstić information content (AvgIpc) is 2.64. The predicted molar refractivity (Wildman–Crippen MR) is 102 cm³/mol. The number of hydrogen-bond donors (Lipinski definition) is 1. The summed E-state index contributed by atoms with van der Waals surface area (Å²) in [6.45, 7) is 1.91. The molecule has 0 aliphatic carbocycles. The molecule has 1 heterocycles. The van der Waals surface area contributed by atoms with E-state index in [1.807, 2.05) is 61.5 Å². The van der Waals surface area contributed by atoms with Gasteiger partial charge in [0, 0.05) is 18.0 Å². The molecule has 3 aromatic rings. The Hall–Kier alpha value is -3.21. The number of aryl methyl sites for hydroxylation is 1. The molecule has 5 heteroatoms. The zero-order valence-electron chi connectivity index (χ0n) is 14.9. The molecule has 3 rings (SSSR count). The lowest BCUT2D eigenvalue weighted by Gasteiger charge is -2.19. The lowest BCUT2D eigenvalue weighted by Crippen LogP contribution is -2.36. The minimum Gasteiger partial charge on any atom is -0.368 e. The van der Waals surface area contributed by atoms with Crippen LogP contribution in [0.3, 0.4) is 0 Å². The van der Waals surface area contributed by atoms with Crippen LogP contribution >= 0.6 is 0 Å². The first-order chi connectivity index (χ1) is 12.5. The van der Waals surface area contributed by atoms with E-state index >= 15 is 0 Å². The van der Waals surface area contributed by atoms with Crippen molar-refractivity contribution in [1.29, 1.82) is 0 Å². The van der Waals surface area contributed by atoms with Gasteiger partial charge in [-0.05, 0) is 24.1 Å². The van der Waals surface area contributed by atoms with Gasteiger partial charge in [0.15, 0.2) is 0 Å². The third-order valence-corrected chi connectivity index (χ3v) is 4.47. The Morgan fingerprint density at radius 3 is 2.38 bits per heavy atom. The van der Waals surface area contributed by atoms with Gasteiger partial charge in [-0.2, -0.15) is 0 Å². The molecule has 0 atom stereocenters. The lowest BCUT2D eigenvalue weighted by atomic mass is 9.95. The molecular weight excluding hydrogens is 326 g/mol. The zero-order valence-corrected chi connectivity index (χ0v) is 14.9. The molecule has 2 aromatic carbocycles. The monoisotopic (exact) mass is 347 g/mol. The Bertz CT molecular complexity index is 968. The molecule has 1 aromatic heterocycles. The molecule has 0 radical (unpaired) electrons. The van der Waals surface area contributed by atoms with E-state index in [2.05, 4.69) is 0 Å². The predicted octanol–water partition coefficient (Wildman–Crippen LogP) is 2.70. The highest BCUT2D eigenvalue weighted by Crippen LogP contribution is 2.30. The van der Waals surface area contributed by atoms with E-state index in [1.54, 1.807) is 7.05 Å². The van der Waals surface area contributed by atoms with Crippen molar-refractivity contribution in [2.24, 2.45) is 5.73 Å². The summed E-state index contributed by atoms with van der Waals surface area (Å²) >= 11 is 0. The van der Waals surface area contributed by atoms with Gasteiger partial charge in [0.05, 0.1) is 24.2 Å². The Morgan fingerprint density at radius 2 is 1.69 bits per heavy atom. The van der Waals surface area contributed by atoms with Crippen molar-refractivity contribution in [2.45, 2.75) is 13.3 Å². The summed E-state index contributed by atoms with van der Waals surface area (Å²) in [6.07, 6.45) is 0.164. The van der Waals surface area contributed by atoms with Gasteiger partial charge in [0.2, 0.25) is 11.8 Å². The van der Waals surface area contributed by atoms with E-state index in [1.165, 1.54) is 4.90 Å². The number of para-hydroxylation sites is 1. The number of likely N-dealkylation sites (N-methyl/N-ethyl adjacent to an activating group) is 1. The van der Waals surface area contributed by atoms with Gasteiger partial charge < -0.3 is 10.6 Å². The van der Waals surface area contributed by atoms with Crippen LogP contribution in [0.4, 0.5) is 0 Å². The Kier molecular flexibility index (Phi) is 4.98. The van der Waals surface area contributed by atoms with E-state index < -0.39 is 5.91 Å². The number of fused-ring (bicyclic) bond motifs is 1. The highest BCUT2D eigenvalue weighted by molar-refractivity contribution is 5.91. The van der Waals surface area contributed by atoms with Crippen molar-refractivity contribution in [1.82, 2.24) is 9.88 Å². The van der Waals surface area contributed by atoms with Crippen molar-refractivity contribution < 1.29 is 9.59 Å². The molecule has 0 saturated heterocycles. The Labute approximate surface area is 152 Å². The zero-order chi connectivity index (χ0) is 18.7. The number of primary amides is 1. The third kappa shape index (κ3) is 3.57. The number of nitrogens with two attached hydrogens (primary N) is 1. The first kappa shape index (κ1) is 17.6. The molecule has 26 heavy (non-hydrogen) atoms. The summed E-state index contributed by atoms with van der Waals surface area (Å²) in [6, 6.07) is 17.7. The van der Waals surface area contributed by atoms with E-state index in [9.17, 15) is 9.59 Å². The highest BCUT2D eigenvalue weighted by atomic mass is 16.2. The summed E-state index contributed by atoms with van der Waals surface area (Å²) in [4.78, 5) is 29.9. The lowest BCUT2D eigenvalue weighted by molar-refractivity contribution is -0.133. The largest absolute Gasteiger partial charge is 0.368 e. The van der Waals surface area contributed by atoms with Gasteiger partial charge >= 0.3 is 0 Å². The minimum atomic E-state index is -0.530. The minimum absolute atomic E-state index is 0.0977. The highest BCUT2D eigenvalue weighted by Gasteiger charge is 2.19. The summed E-state index contributed by atoms with van der Waals surface area (Å²) in [5, 5.41) is 1.02. The fraction of sp³-hybridized carbons (Fsp3) is 0.190. The molecule has 132 valence electrons. The number of benzene rings is 2. The van der Waals surface area contributed by atoms with Crippen molar-refractivity contribution in [3.05, 3.63) is 65.7 Å². The average molecular weight is 347 g/mol. The van der Waals surface area contributed by atoms with Crippen LogP contribution in [-0.2, 0) is 16.0 Å². The van der Waals surface area contributed by atoms with Gasteiger partial charge in [-0.1, -0.05) is 48.5 Å². The standard InChI is InChI=1S/C21H21N3O2/c1-14-16-10-6-7-11-18(16)23-21(15-8-4-3-5-9-15)17(14)12-20(26)24(2)13-19(22)25/h3-11H,12-13H2,1-2H3,(H2,22,25). The molecule has 0 unspecified atom stereocenters. The summed E-state index contributed by atoms with van der Waals surface area (Å²) in [5.74, 6) is -0.696. The number of hydrogen-bond acceptors (Lipinski definition) is 3. The maximum Gasteiger partial charge on any atom is 0.237 e. The smallest absolute Gasteiger partial charge is 0.237 e. The third-order valence-electron chi connectivity index (χ3n) is 4.47. The van der Waals surface area contributed by atoms with Gasteiger partial charge in [0.25, 0.3) is 0 Å². The second-order valence-corrected chi connectivity index (χ2v) is 6.34. The van der Waals surface area contributed by atoms with Crippen molar-refractivity contribution in [3.8, 4) is 11.3 Å². The van der Waals surface area contributed by atoms with Crippen LogP contribution in [0.5, 0.6) is 0 Å². The Balaban J connectivity index is 2.11. The molecule has 0 aliphatic rings. The van der Waals surface area contributed by atoms with Crippen LogP contribution in [0.25, 0.3) is 22.2 Å². The molecule has 0 aliphatic heterocycles. The maximum absolute atomic E-state index is 12.6. The van der Waals surface area contributed by atoms with E-state index in [0.29, 0.717) is 0 Å². The topological polar surface area (TPSA) is 76.3 Å². The molecule has 0 fully saturated rings. The van der Waals surface area contributed by atoms with E-state index in [4.69, 9.17) is 10.7 Å². The molecule has 2 N–H and O–H groups in total. The number of carbonyl (C=O) groups is 2. The van der Waals surface area contributed by atoms with Crippen LogP contribution in [0.1, 0.15) is 11.1 Å². The molecule has 0 saturated carbocycles. The maximum atomic E-state index is 12.6. The second kappa shape index (κ2) is 7.35. The Morgan fingerprint density at radius 1 is 1.04 bits per heavy atom. The van der Waals surface area contributed by atoms with E-state index in [0.717, 1.165) is 33.3 Å². The molecule has 5 nitrogen and oxygen atoms in total. The number of carbonyl (C=O) groups excluding carboxylic acids is 2. The van der Waals surface area contributed by atoms with Gasteiger partial charge in [0.1, 0.15) is 0 Å². The van der Waals surface area contributed by atoms with Crippen LogP contribution in [-0.4, -0.2) is 35.3 Å². The van der Waals surface area contributed by atoms with E-state index in [-0.39, 0.29) is 18.9 Å². The molecule has 2 amide bonds. The molecule has 0 spiro atoms. The second-order valence-electron chi connectivity index (χ2n) is 6.34. The van der Waals surface area contributed by atoms with Crippen molar-refractivity contribution in [2.75, 3.05) is 13.6 Å². The molecule has 0 bridgehead atoms. The summed E-state index contributed by atoms with van der Waals surface area (Å²) in [5.41, 5.74) is 9.75. The summed E-state index contributed by atoms with van der Waals surface area (Å²) in [7, 11) is 1.58. The normalized spacial score (nSPS) is 10.7. The van der Waals surface area contributed by atoms with Crippen LogP contribution in [0, 0.1) is 6.92 Å². The number of aromatic nitrogens is 1. The van der Waals surface area contributed by atoms with Crippen molar-refractivity contribution >= 4 is 22.7 Å². The van der Waals surface area contributed by atoms with Crippen LogP contribution in [0.2, 0.25) is 0 Å². The summed E-state index contributed by atoms with van der Waals surface area (Å²) < 4.78 is 0. The first-order valence-electron chi connectivity index (χ1n) is 8.43.